The van der Waals surface area contributed by atoms with Crippen LogP contribution in [0.3, 0.4) is 0 Å². The van der Waals surface area contributed by atoms with E-state index in [0.29, 0.717) is 12.5 Å². The number of hydrogen-bond acceptors (Lipinski definition) is 3. The van der Waals surface area contributed by atoms with E-state index < -0.39 is 0 Å². The van der Waals surface area contributed by atoms with Crippen LogP contribution in [0, 0.1) is 0 Å². The predicted octanol–water partition coefficient (Wildman–Crippen LogP) is 4.27. The zero-order valence-electron chi connectivity index (χ0n) is 15.6. The van der Waals surface area contributed by atoms with Crippen LogP contribution in [0.1, 0.15) is 23.5 Å². The van der Waals surface area contributed by atoms with Crippen molar-refractivity contribution < 1.29 is 14.3 Å². The standard InChI is InChI=1S/C23H22N2O3/c26-23(24-13-18-6-3-5-16-4-1-2-7-20(16)18)25-11-10-19(14-25)17-8-9-21-22(12-17)28-15-27-21/h1-9,12,19H,10-11,13-15H2,(H,24,26). The van der Waals surface area contributed by atoms with Crippen molar-refractivity contribution in [3.8, 4) is 11.5 Å². The first kappa shape index (κ1) is 16.9. The second kappa shape index (κ2) is 7.08. The van der Waals surface area contributed by atoms with Gasteiger partial charge in [0.05, 0.1) is 0 Å². The number of fused-ring (bicyclic) bond motifs is 2. The van der Waals surface area contributed by atoms with Gasteiger partial charge in [-0.15, -0.1) is 0 Å². The van der Waals surface area contributed by atoms with E-state index in [4.69, 9.17) is 9.47 Å². The van der Waals surface area contributed by atoms with E-state index in [1.54, 1.807) is 0 Å². The fourth-order valence-corrected chi connectivity index (χ4v) is 4.11. The summed E-state index contributed by atoms with van der Waals surface area (Å²) in [5.74, 6) is 1.93. The van der Waals surface area contributed by atoms with E-state index in [9.17, 15) is 4.79 Å². The van der Waals surface area contributed by atoms with E-state index in [2.05, 4.69) is 35.6 Å². The largest absolute Gasteiger partial charge is 0.454 e. The van der Waals surface area contributed by atoms with Crippen LogP contribution in [-0.4, -0.2) is 30.8 Å². The zero-order chi connectivity index (χ0) is 18.9. The SMILES string of the molecule is O=C(NCc1cccc2ccccc12)N1CCC(c2ccc3c(c2)OCO3)C1. The van der Waals surface area contributed by atoms with Crippen LogP contribution in [0.4, 0.5) is 4.79 Å². The van der Waals surface area contributed by atoms with Gasteiger partial charge in [0.2, 0.25) is 6.79 Å². The normalized spacial score (nSPS) is 17.9. The van der Waals surface area contributed by atoms with Gasteiger partial charge in [-0.25, -0.2) is 4.79 Å². The maximum absolute atomic E-state index is 12.7. The fraction of sp³-hybridized carbons (Fsp3) is 0.261. The lowest BCUT2D eigenvalue weighted by molar-refractivity contribution is 0.174. The van der Waals surface area contributed by atoms with Crippen LogP contribution < -0.4 is 14.8 Å². The minimum Gasteiger partial charge on any atom is -0.454 e. The summed E-state index contributed by atoms with van der Waals surface area (Å²) >= 11 is 0. The molecule has 5 nitrogen and oxygen atoms in total. The highest BCUT2D eigenvalue weighted by molar-refractivity contribution is 5.86. The van der Waals surface area contributed by atoms with Crippen LogP contribution in [-0.2, 0) is 6.54 Å². The van der Waals surface area contributed by atoms with Gasteiger partial charge in [0.25, 0.3) is 0 Å². The van der Waals surface area contributed by atoms with Gasteiger partial charge in [0.15, 0.2) is 11.5 Å². The van der Waals surface area contributed by atoms with Gasteiger partial charge in [-0.3, -0.25) is 0 Å². The monoisotopic (exact) mass is 374 g/mol. The zero-order valence-corrected chi connectivity index (χ0v) is 15.6. The topological polar surface area (TPSA) is 50.8 Å². The van der Waals surface area contributed by atoms with Crippen molar-refractivity contribution in [3.05, 3.63) is 71.8 Å². The summed E-state index contributed by atoms with van der Waals surface area (Å²) in [7, 11) is 0. The summed E-state index contributed by atoms with van der Waals surface area (Å²) in [5, 5.41) is 5.47. The summed E-state index contributed by atoms with van der Waals surface area (Å²) < 4.78 is 10.9. The lowest BCUT2D eigenvalue weighted by Gasteiger charge is -2.18. The number of nitrogens with one attached hydrogen (secondary N) is 1. The first-order chi connectivity index (χ1) is 13.8. The highest BCUT2D eigenvalue weighted by Gasteiger charge is 2.28. The number of nitrogens with zero attached hydrogens (tertiary/aromatic N) is 1. The Morgan fingerprint density at radius 2 is 1.89 bits per heavy atom. The van der Waals surface area contributed by atoms with Crippen LogP contribution >= 0.6 is 0 Å². The molecule has 1 atom stereocenters. The Morgan fingerprint density at radius 3 is 2.86 bits per heavy atom. The summed E-state index contributed by atoms with van der Waals surface area (Å²) in [6, 6.07) is 20.5. The Hall–Kier alpha value is -3.21. The first-order valence-electron chi connectivity index (χ1n) is 9.67. The summed E-state index contributed by atoms with van der Waals surface area (Å²) in [6.07, 6.45) is 0.960. The van der Waals surface area contributed by atoms with Gasteiger partial charge < -0.3 is 19.7 Å². The molecule has 3 aromatic rings. The fourth-order valence-electron chi connectivity index (χ4n) is 4.11. The average Bonchev–Trinajstić information content (AvgIpc) is 3.41. The number of benzene rings is 3. The Labute approximate surface area is 163 Å². The Kier molecular flexibility index (Phi) is 4.28. The third-order valence-corrected chi connectivity index (χ3v) is 5.65. The van der Waals surface area contributed by atoms with Gasteiger partial charge in [0.1, 0.15) is 0 Å². The Balaban J connectivity index is 1.23. The molecular weight excluding hydrogens is 352 g/mol. The second-order valence-corrected chi connectivity index (χ2v) is 7.34. The van der Waals surface area contributed by atoms with Gasteiger partial charge in [0, 0.05) is 25.6 Å². The third-order valence-electron chi connectivity index (χ3n) is 5.65. The predicted molar refractivity (Wildman–Crippen MR) is 108 cm³/mol. The van der Waals surface area contributed by atoms with E-state index in [1.807, 2.05) is 35.2 Å². The van der Waals surface area contributed by atoms with Gasteiger partial charge >= 0.3 is 6.03 Å². The molecule has 2 heterocycles. The minimum atomic E-state index is -0.00354. The maximum atomic E-state index is 12.7. The highest BCUT2D eigenvalue weighted by Crippen LogP contribution is 2.37. The number of carbonyl (C=O) groups is 1. The van der Waals surface area contributed by atoms with Crippen LogP contribution in [0.15, 0.2) is 60.7 Å². The molecule has 0 aliphatic carbocycles. The highest BCUT2D eigenvalue weighted by atomic mass is 16.7. The lowest BCUT2D eigenvalue weighted by Crippen LogP contribution is -2.38. The van der Waals surface area contributed by atoms with Gasteiger partial charge in [-0.1, -0.05) is 48.5 Å². The van der Waals surface area contributed by atoms with Crippen molar-refractivity contribution in [2.75, 3.05) is 19.9 Å². The average molecular weight is 374 g/mol. The molecule has 5 rings (SSSR count). The molecule has 0 spiro atoms. The molecule has 0 radical (unpaired) electrons. The van der Waals surface area contributed by atoms with Crippen molar-refractivity contribution >= 4 is 16.8 Å². The first-order valence-corrected chi connectivity index (χ1v) is 9.67. The number of hydrogen-bond donors (Lipinski definition) is 1. The molecule has 5 heteroatoms. The molecule has 1 saturated heterocycles. The van der Waals surface area contributed by atoms with Gasteiger partial charge in [-0.2, -0.15) is 0 Å². The molecule has 2 amide bonds. The van der Waals surface area contributed by atoms with Crippen LogP contribution in [0.2, 0.25) is 0 Å². The Bertz CT molecular complexity index is 1030. The quantitative estimate of drug-likeness (QED) is 0.745. The molecule has 1 unspecified atom stereocenters. The smallest absolute Gasteiger partial charge is 0.317 e. The van der Waals surface area contributed by atoms with E-state index in [0.717, 1.165) is 36.6 Å². The van der Waals surface area contributed by atoms with Crippen molar-refractivity contribution in [3.63, 3.8) is 0 Å². The number of urea groups is 1. The summed E-state index contributed by atoms with van der Waals surface area (Å²) in [4.78, 5) is 14.6. The second-order valence-electron chi connectivity index (χ2n) is 7.34. The number of amides is 2. The van der Waals surface area contributed by atoms with E-state index in [1.165, 1.54) is 16.3 Å². The third kappa shape index (κ3) is 3.13. The minimum absolute atomic E-state index is 0.00354. The Morgan fingerprint density at radius 1 is 1.04 bits per heavy atom. The maximum Gasteiger partial charge on any atom is 0.317 e. The van der Waals surface area contributed by atoms with Crippen LogP contribution in [0.25, 0.3) is 10.8 Å². The van der Waals surface area contributed by atoms with Crippen molar-refractivity contribution in [2.45, 2.75) is 18.9 Å². The summed E-state index contributed by atoms with van der Waals surface area (Å²) in [5.41, 5.74) is 2.34. The molecule has 0 saturated carbocycles. The van der Waals surface area contributed by atoms with Crippen LogP contribution in [0.5, 0.6) is 11.5 Å². The number of ether oxygens (including phenoxy) is 2. The molecular formula is C23H22N2O3. The number of rotatable bonds is 3. The molecule has 1 fully saturated rings. The molecule has 2 aliphatic heterocycles. The lowest BCUT2D eigenvalue weighted by atomic mass is 9.98. The van der Waals surface area contributed by atoms with Crippen molar-refractivity contribution in [1.82, 2.24) is 10.2 Å². The molecule has 0 bridgehead atoms. The van der Waals surface area contributed by atoms with Gasteiger partial charge in [-0.05, 0) is 40.5 Å². The molecule has 3 aromatic carbocycles. The molecule has 142 valence electrons. The summed E-state index contributed by atoms with van der Waals surface area (Å²) in [6.45, 7) is 2.30. The van der Waals surface area contributed by atoms with E-state index >= 15 is 0 Å². The molecule has 28 heavy (non-hydrogen) atoms. The van der Waals surface area contributed by atoms with Crippen molar-refractivity contribution in [1.29, 1.82) is 0 Å². The molecule has 2 aliphatic rings. The number of likely N-dealkylation sites (tertiary alicyclic amines) is 1. The number of carbonyl (C=O) groups excluding carboxylic acids is 1. The van der Waals surface area contributed by atoms with Crippen molar-refractivity contribution in [2.24, 2.45) is 0 Å². The molecule has 1 N–H and O–H groups in total. The molecule has 0 aromatic heterocycles. The van der Waals surface area contributed by atoms with E-state index in [-0.39, 0.29) is 12.8 Å².